The smallest absolute Gasteiger partial charge is 0.227 e. The van der Waals surface area contributed by atoms with E-state index < -0.39 is 0 Å². The molecule has 1 aliphatic rings. The fourth-order valence-electron chi connectivity index (χ4n) is 3.63. The maximum Gasteiger partial charge on any atom is 0.227 e. The van der Waals surface area contributed by atoms with Gasteiger partial charge in [0, 0.05) is 43.4 Å². The highest BCUT2D eigenvalue weighted by atomic mass is 16.2. The molecule has 0 spiro atoms. The van der Waals surface area contributed by atoms with Gasteiger partial charge in [-0.05, 0) is 37.1 Å². The number of imidazole rings is 1. The lowest BCUT2D eigenvalue weighted by Crippen LogP contribution is -2.23. The van der Waals surface area contributed by atoms with Crippen molar-refractivity contribution in [1.29, 1.82) is 0 Å². The zero-order chi connectivity index (χ0) is 18.4. The average molecular weight is 358 g/mol. The van der Waals surface area contributed by atoms with E-state index in [-0.39, 0.29) is 5.91 Å². The molecule has 0 atom stereocenters. The molecule has 1 amide bonds. The molecule has 1 fully saturated rings. The molecule has 0 bridgehead atoms. The number of hydrogen-bond acceptors (Lipinski definition) is 4. The van der Waals surface area contributed by atoms with E-state index in [0.717, 1.165) is 46.9 Å². The van der Waals surface area contributed by atoms with Crippen LogP contribution in [0, 0.1) is 6.92 Å². The van der Waals surface area contributed by atoms with Crippen LogP contribution >= 0.6 is 0 Å². The third-order valence-electron chi connectivity index (χ3n) is 5.00. The molecule has 27 heavy (non-hydrogen) atoms. The van der Waals surface area contributed by atoms with E-state index in [0.29, 0.717) is 6.42 Å². The summed E-state index contributed by atoms with van der Waals surface area (Å²) in [6, 6.07) is 7.96. The topological polar surface area (TPSA) is 68.3 Å². The van der Waals surface area contributed by atoms with Gasteiger partial charge < -0.3 is 4.90 Å². The molecule has 0 radical (unpaired) electrons. The minimum Gasteiger partial charge on any atom is -0.312 e. The molecule has 0 unspecified atom stereocenters. The zero-order valence-corrected chi connectivity index (χ0v) is 14.9. The number of aromatic nitrogens is 5. The van der Waals surface area contributed by atoms with Gasteiger partial charge in [0.25, 0.3) is 0 Å². The Morgan fingerprint density at radius 2 is 2.04 bits per heavy atom. The van der Waals surface area contributed by atoms with Crippen LogP contribution in [0.2, 0.25) is 0 Å². The molecule has 1 saturated heterocycles. The first-order valence-electron chi connectivity index (χ1n) is 8.96. The molecule has 3 aromatic heterocycles. The molecular weight excluding hydrogens is 340 g/mol. The van der Waals surface area contributed by atoms with Gasteiger partial charge in [0.05, 0.1) is 17.4 Å². The molecule has 0 N–H and O–H groups in total. The van der Waals surface area contributed by atoms with Crippen molar-refractivity contribution >= 4 is 17.2 Å². The number of benzene rings is 1. The Balaban J connectivity index is 1.65. The molecule has 7 nitrogen and oxygen atoms in total. The van der Waals surface area contributed by atoms with Crippen molar-refractivity contribution in [2.24, 2.45) is 0 Å². The van der Waals surface area contributed by atoms with Crippen molar-refractivity contribution in [3.63, 3.8) is 0 Å². The summed E-state index contributed by atoms with van der Waals surface area (Å²) in [4.78, 5) is 23.0. The molecule has 4 heterocycles. The Bertz CT molecular complexity index is 1160. The molecule has 1 aliphatic heterocycles. The number of rotatable bonds is 3. The van der Waals surface area contributed by atoms with Crippen molar-refractivity contribution in [2.75, 3.05) is 11.4 Å². The van der Waals surface area contributed by atoms with Crippen LogP contribution in [-0.2, 0) is 4.79 Å². The Kier molecular flexibility index (Phi) is 3.53. The predicted octanol–water partition coefficient (Wildman–Crippen LogP) is 3.02. The Morgan fingerprint density at radius 1 is 1.11 bits per heavy atom. The number of carbonyl (C=O) groups excluding carboxylic acids is 1. The van der Waals surface area contributed by atoms with Crippen LogP contribution in [0.4, 0.5) is 5.69 Å². The van der Waals surface area contributed by atoms with Gasteiger partial charge in [-0.3, -0.25) is 9.36 Å². The minimum atomic E-state index is 0.183. The maximum absolute atomic E-state index is 12.1. The molecule has 134 valence electrons. The van der Waals surface area contributed by atoms with Gasteiger partial charge in [0.1, 0.15) is 5.82 Å². The summed E-state index contributed by atoms with van der Waals surface area (Å²) < 4.78 is 3.77. The van der Waals surface area contributed by atoms with Crippen LogP contribution in [0.15, 0.2) is 55.2 Å². The zero-order valence-electron chi connectivity index (χ0n) is 14.9. The van der Waals surface area contributed by atoms with Gasteiger partial charge in [-0.1, -0.05) is 6.07 Å². The van der Waals surface area contributed by atoms with E-state index in [9.17, 15) is 4.79 Å². The maximum atomic E-state index is 12.1. The van der Waals surface area contributed by atoms with E-state index in [1.807, 2.05) is 40.1 Å². The van der Waals surface area contributed by atoms with Crippen molar-refractivity contribution in [2.45, 2.75) is 19.8 Å². The standard InChI is InChI=1S/C20H18N6O/c1-14-5-6-15(24-9-2-4-18(24)27)12-17(14)25-11-8-22-19(25)16-13-23-26-10-3-7-21-20(16)26/h3,5-8,10-13H,2,4,9H2,1H3. The predicted molar refractivity (Wildman–Crippen MR) is 102 cm³/mol. The van der Waals surface area contributed by atoms with Crippen LogP contribution in [0.5, 0.6) is 0 Å². The molecule has 7 heteroatoms. The fourth-order valence-corrected chi connectivity index (χ4v) is 3.63. The molecule has 4 aromatic rings. The summed E-state index contributed by atoms with van der Waals surface area (Å²) in [7, 11) is 0. The number of amides is 1. The van der Waals surface area contributed by atoms with Gasteiger partial charge in [-0.15, -0.1) is 0 Å². The second-order valence-electron chi connectivity index (χ2n) is 6.69. The minimum absolute atomic E-state index is 0.183. The molecule has 1 aromatic carbocycles. The highest BCUT2D eigenvalue weighted by Gasteiger charge is 2.23. The SMILES string of the molecule is Cc1ccc(N2CCCC2=O)cc1-n1ccnc1-c1cnn2cccnc12. The first kappa shape index (κ1) is 15.7. The second-order valence-corrected chi connectivity index (χ2v) is 6.69. The molecular formula is C20H18N6O. The number of aryl methyl sites for hydroxylation is 1. The Hall–Kier alpha value is -3.48. The monoisotopic (exact) mass is 358 g/mol. The summed E-state index contributed by atoms with van der Waals surface area (Å²) in [5.74, 6) is 0.958. The van der Waals surface area contributed by atoms with Crippen molar-refractivity contribution in [3.05, 3.63) is 60.8 Å². The summed E-state index contributed by atoms with van der Waals surface area (Å²) in [6.07, 6.45) is 10.6. The van der Waals surface area contributed by atoms with E-state index in [2.05, 4.69) is 28.1 Å². The highest BCUT2D eigenvalue weighted by molar-refractivity contribution is 5.95. The van der Waals surface area contributed by atoms with Crippen LogP contribution in [0.3, 0.4) is 0 Å². The lowest BCUT2D eigenvalue weighted by Gasteiger charge is -2.19. The van der Waals surface area contributed by atoms with Gasteiger partial charge >= 0.3 is 0 Å². The molecule has 5 rings (SSSR count). The number of nitrogens with zero attached hydrogens (tertiary/aromatic N) is 6. The first-order chi connectivity index (χ1) is 13.2. The van der Waals surface area contributed by atoms with Gasteiger partial charge in [0.15, 0.2) is 5.65 Å². The highest BCUT2D eigenvalue weighted by Crippen LogP contribution is 2.30. The lowest BCUT2D eigenvalue weighted by molar-refractivity contribution is -0.117. The first-order valence-corrected chi connectivity index (χ1v) is 8.96. The third kappa shape index (κ3) is 2.51. The quantitative estimate of drug-likeness (QED) is 0.564. The summed E-state index contributed by atoms with van der Waals surface area (Å²) in [6.45, 7) is 2.83. The number of fused-ring (bicyclic) bond motifs is 1. The van der Waals surface area contributed by atoms with Crippen LogP contribution in [0.1, 0.15) is 18.4 Å². The van der Waals surface area contributed by atoms with Crippen LogP contribution < -0.4 is 4.90 Å². The second kappa shape index (κ2) is 6.05. The average Bonchev–Trinajstić information content (AvgIpc) is 3.41. The van der Waals surface area contributed by atoms with Crippen LogP contribution in [0.25, 0.3) is 22.7 Å². The number of anilines is 1. The lowest BCUT2D eigenvalue weighted by atomic mass is 10.1. The van der Waals surface area contributed by atoms with E-state index >= 15 is 0 Å². The Morgan fingerprint density at radius 3 is 2.89 bits per heavy atom. The van der Waals surface area contributed by atoms with Gasteiger partial charge in [0.2, 0.25) is 5.91 Å². The van der Waals surface area contributed by atoms with Gasteiger partial charge in [-0.2, -0.15) is 5.10 Å². The van der Waals surface area contributed by atoms with E-state index in [1.165, 1.54) is 0 Å². The molecule has 0 saturated carbocycles. The number of hydrogen-bond donors (Lipinski definition) is 0. The van der Waals surface area contributed by atoms with Gasteiger partial charge in [-0.25, -0.2) is 14.5 Å². The summed E-state index contributed by atoms with van der Waals surface area (Å²) >= 11 is 0. The summed E-state index contributed by atoms with van der Waals surface area (Å²) in [5.41, 5.74) is 4.65. The van der Waals surface area contributed by atoms with E-state index in [4.69, 9.17) is 0 Å². The largest absolute Gasteiger partial charge is 0.312 e. The third-order valence-corrected chi connectivity index (χ3v) is 5.00. The van der Waals surface area contributed by atoms with Crippen molar-refractivity contribution in [1.82, 2.24) is 24.1 Å². The Labute approximate surface area is 155 Å². The van der Waals surface area contributed by atoms with Crippen molar-refractivity contribution < 1.29 is 4.79 Å². The van der Waals surface area contributed by atoms with Crippen molar-refractivity contribution in [3.8, 4) is 17.1 Å². The summed E-state index contributed by atoms with van der Waals surface area (Å²) in [5, 5.41) is 4.37. The molecule has 0 aliphatic carbocycles. The van der Waals surface area contributed by atoms with Crippen LogP contribution in [-0.4, -0.2) is 36.6 Å². The van der Waals surface area contributed by atoms with E-state index in [1.54, 1.807) is 23.1 Å². The number of carbonyl (C=O) groups is 1. The fraction of sp³-hybridized carbons (Fsp3) is 0.200. The normalized spacial score (nSPS) is 14.4.